The second-order valence-electron chi connectivity index (χ2n) is 4.48. The van der Waals surface area contributed by atoms with Crippen molar-refractivity contribution in [3.8, 4) is 11.3 Å². The van der Waals surface area contributed by atoms with Crippen LogP contribution in [0.1, 0.15) is 0 Å². The fourth-order valence-electron chi connectivity index (χ4n) is 2.46. The third-order valence-electron chi connectivity index (χ3n) is 3.34. The number of para-hydroxylation sites is 1. The van der Waals surface area contributed by atoms with Crippen LogP contribution in [-0.4, -0.2) is 15.0 Å². The Morgan fingerprint density at radius 2 is 1.58 bits per heavy atom. The van der Waals surface area contributed by atoms with Gasteiger partial charge in [0.15, 0.2) is 0 Å². The molecule has 0 amide bonds. The minimum absolute atomic E-state index is 0.946. The summed E-state index contributed by atoms with van der Waals surface area (Å²) in [5, 5.41) is 1.14. The van der Waals surface area contributed by atoms with Crippen molar-refractivity contribution in [2.45, 2.75) is 0 Å². The molecule has 0 spiro atoms. The predicted octanol–water partition coefficient (Wildman–Crippen LogP) is 3.78. The molecule has 0 unspecified atom stereocenters. The standard InChI is InChI=1S/C16H11N3/c1-2-6-11(7-3-1)14-16-15(18-10-17-14)12-8-4-5-9-13(12)19-16/h1-10,19H. The SMILES string of the molecule is c1ccc(-c2ncnc3c2[nH]c2ccccc23)cc1. The van der Waals surface area contributed by atoms with E-state index in [2.05, 4.69) is 39.2 Å². The number of nitrogens with one attached hydrogen (secondary N) is 1. The van der Waals surface area contributed by atoms with Crippen LogP contribution in [0.25, 0.3) is 33.2 Å². The Morgan fingerprint density at radius 1 is 0.789 bits per heavy atom. The molecule has 0 bridgehead atoms. The molecule has 0 radical (unpaired) electrons. The average molecular weight is 245 g/mol. The number of benzene rings is 2. The van der Waals surface area contributed by atoms with E-state index in [1.165, 1.54) is 0 Å². The molecule has 19 heavy (non-hydrogen) atoms. The van der Waals surface area contributed by atoms with Crippen molar-refractivity contribution in [2.75, 3.05) is 0 Å². The van der Waals surface area contributed by atoms with Crippen LogP contribution in [0.5, 0.6) is 0 Å². The molecule has 0 aliphatic heterocycles. The predicted molar refractivity (Wildman–Crippen MR) is 76.8 cm³/mol. The number of nitrogens with zero attached hydrogens (tertiary/aromatic N) is 2. The van der Waals surface area contributed by atoms with Crippen LogP contribution >= 0.6 is 0 Å². The lowest BCUT2D eigenvalue weighted by atomic mass is 10.1. The number of hydrogen-bond acceptors (Lipinski definition) is 2. The van der Waals surface area contributed by atoms with Gasteiger partial charge in [-0.2, -0.15) is 0 Å². The zero-order valence-corrected chi connectivity index (χ0v) is 10.2. The maximum atomic E-state index is 4.43. The van der Waals surface area contributed by atoms with Crippen molar-refractivity contribution in [2.24, 2.45) is 0 Å². The monoisotopic (exact) mass is 245 g/mol. The molecule has 2 heterocycles. The van der Waals surface area contributed by atoms with E-state index in [-0.39, 0.29) is 0 Å². The Balaban J connectivity index is 2.13. The minimum atomic E-state index is 0.946. The van der Waals surface area contributed by atoms with Gasteiger partial charge in [0.2, 0.25) is 0 Å². The normalized spacial score (nSPS) is 11.2. The molecule has 0 saturated carbocycles. The van der Waals surface area contributed by atoms with Gasteiger partial charge in [-0.3, -0.25) is 0 Å². The van der Waals surface area contributed by atoms with Crippen molar-refractivity contribution in [1.82, 2.24) is 15.0 Å². The molecule has 1 N–H and O–H groups in total. The van der Waals surface area contributed by atoms with Crippen molar-refractivity contribution >= 4 is 21.9 Å². The molecule has 90 valence electrons. The molecule has 0 aliphatic rings. The summed E-state index contributed by atoms with van der Waals surface area (Å²) in [4.78, 5) is 12.3. The lowest BCUT2D eigenvalue weighted by Gasteiger charge is -2.01. The van der Waals surface area contributed by atoms with E-state index < -0.39 is 0 Å². The Kier molecular flexibility index (Phi) is 2.12. The highest BCUT2D eigenvalue weighted by atomic mass is 14.9. The topological polar surface area (TPSA) is 41.6 Å². The summed E-state index contributed by atoms with van der Waals surface area (Å²) in [5.74, 6) is 0. The fraction of sp³-hybridized carbons (Fsp3) is 0. The van der Waals surface area contributed by atoms with Gasteiger partial charge in [-0.25, -0.2) is 9.97 Å². The lowest BCUT2D eigenvalue weighted by molar-refractivity contribution is 1.22. The van der Waals surface area contributed by atoms with Crippen LogP contribution in [0.2, 0.25) is 0 Å². The first-order chi connectivity index (χ1) is 9.43. The molecule has 4 aromatic rings. The molecule has 2 aromatic heterocycles. The first-order valence-corrected chi connectivity index (χ1v) is 6.20. The highest BCUT2D eigenvalue weighted by Crippen LogP contribution is 2.29. The Bertz CT molecular complexity index is 863. The number of hydrogen-bond donors (Lipinski definition) is 1. The first-order valence-electron chi connectivity index (χ1n) is 6.20. The van der Waals surface area contributed by atoms with Gasteiger partial charge >= 0.3 is 0 Å². The van der Waals surface area contributed by atoms with Crippen molar-refractivity contribution < 1.29 is 0 Å². The number of H-pyrrole nitrogens is 1. The van der Waals surface area contributed by atoms with Crippen LogP contribution in [0.3, 0.4) is 0 Å². The molecule has 0 atom stereocenters. The molecule has 0 aliphatic carbocycles. The molecule has 2 aromatic carbocycles. The van der Waals surface area contributed by atoms with Gasteiger partial charge in [-0.15, -0.1) is 0 Å². The summed E-state index contributed by atoms with van der Waals surface area (Å²) in [7, 11) is 0. The van der Waals surface area contributed by atoms with Gasteiger partial charge in [0.1, 0.15) is 6.33 Å². The third-order valence-corrected chi connectivity index (χ3v) is 3.34. The average Bonchev–Trinajstić information content (AvgIpc) is 2.87. The summed E-state index contributed by atoms with van der Waals surface area (Å²) < 4.78 is 0. The van der Waals surface area contributed by atoms with E-state index >= 15 is 0 Å². The quantitative estimate of drug-likeness (QED) is 0.554. The molecule has 4 rings (SSSR count). The Morgan fingerprint density at radius 3 is 2.47 bits per heavy atom. The zero-order chi connectivity index (χ0) is 12.7. The third kappa shape index (κ3) is 1.52. The van der Waals surface area contributed by atoms with Crippen molar-refractivity contribution in [1.29, 1.82) is 0 Å². The van der Waals surface area contributed by atoms with Crippen LogP contribution in [-0.2, 0) is 0 Å². The largest absolute Gasteiger partial charge is 0.351 e. The number of aromatic amines is 1. The van der Waals surface area contributed by atoms with Crippen molar-refractivity contribution in [3.05, 3.63) is 60.9 Å². The zero-order valence-electron chi connectivity index (χ0n) is 10.2. The second-order valence-corrected chi connectivity index (χ2v) is 4.48. The maximum absolute atomic E-state index is 4.43. The Hall–Kier alpha value is -2.68. The molecular weight excluding hydrogens is 234 g/mol. The minimum Gasteiger partial charge on any atom is -0.351 e. The summed E-state index contributed by atoms with van der Waals surface area (Å²) in [6.45, 7) is 0. The van der Waals surface area contributed by atoms with Crippen molar-refractivity contribution in [3.63, 3.8) is 0 Å². The number of aromatic nitrogens is 3. The van der Waals surface area contributed by atoms with Gasteiger partial charge in [0, 0.05) is 16.5 Å². The first kappa shape index (κ1) is 10.3. The summed E-state index contributed by atoms with van der Waals surface area (Å²) in [5.41, 5.74) is 5.11. The van der Waals surface area contributed by atoms with Gasteiger partial charge in [-0.05, 0) is 6.07 Å². The van der Waals surface area contributed by atoms with E-state index in [0.29, 0.717) is 0 Å². The van der Waals surface area contributed by atoms with Crippen LogP contribution < -0.4 is 0 Å². The number of rotatable bonds is 1. The smallest absolute Gasteiger partial charge is 0.116 e. The van der Waals surface area contributed by atoms with E-state index in [0.717, 1.165) is 33.2 Å². The molecule has 3 heteroatoms. The molecule has 0 saturated heterocycles. The van der Waals surface area contributed by atoms with Gasteiger partial charge in [0.05, 0.1) is 16.7 Å². The second kappa shape index (κ2) is 3.92. The van der Waals surface area contributed by atoms with Gasteiger partial charge < -0.3 is 4.98 Å². The van der Waals surface area contributed by atoms with Crippen LogP contribution in [0.4, 0.5) is 0 Å². The van der Waals surface area contributed by atoms with E-state index in [1.807, 2.05) is 30.3 Å². The van der Waals surface area contributed by atoms with Gasteiger partial charge in [0.25, 0.3) is 0 Å². The van der Waals surface area contributed by atoms with E-state index in [4.69, 9.17) is 0 Å². The van der Waals surface area contributed by atoms with Gasteiger partial charge in [-0.1, -0.05) is 48.5 Å². The highest BCUT2D eigenvalue weighted by molar-refractivity contribution is 6.08. The van der Waals surface area contributed by atoms with Crippen LogP contribution in [0.15, 0.2) is 60.9 Å². The van der Waals surface area contributed by atoms with E-state index in [9.17, 15) is 0 Å². The lowest BCUT2D eigenvalue weighted by Crippen LogP contribution is -1.87. The molecular formula is C16H11N3. The highest BCUT2D eigenvalue weighted by Gasteiger charge is 2.10. The summed E-state index contributed by atoms with van der Waals surface area (Å²) in [6.07, 6.45) is 1.63. The molecule has 0 fully saturated rings. The van der Waals surface area contributed by atoms with E-state index in [1.54, 1.807) is 6.33 Å². The Labute approximate surface area is 110 Å². The van der Waals surface area contributed by atoms with Crippen LogP contribution in [0, 0.1) is 0 Å². The summed E-state index contributed by atoms with van der Waals surface area (Å²) in [6, 6.07) is 18.4. The fourth-order valence-corrected chi connectivity index (χ4v) is 2.46. The summed E-state index contributed by atoms with van der Waals surface area (Å²) >= 11 is 0. The number of fused-ring (bicyclic) bond motifs is 3. The molecule has 3 nitrogen and oxygen atoms in total. The maximum Gasteiger partial charge on any atom is 0.116 e.